The molecule has 308 valence electrons. The van der Waals surface area contributed by atoms with Gasteiger partial charge in [0.15, 0.2) is 23.3 Å². The summed E-state index contributed by atoms with van der Waals surface area (Å²) in [5.41, 5.74) is 3.51. The molecule has 0 saturated carbocycles. The molecular formula is C42H43F5N10O2. The molecule has 2 atom stereocenters. The van der Waals surface area contributed by atoms with Gasteiger partial charge in [-0.1, -0.05) is 24.3 Å². The molecule has 12 nitrogen and oxygen atoms in total. The SMILES string of the molecule is Cc1nnc(N[C@H](C)c2cc(Cc3nnc(N[C@H](C)c4cccc(C(C)(F)F)c4F)c4cc(N5CCOCC5)cnc34)cc(F)c2F)c2cc(N3CCOCC3)cnc12. The van der Waals surface area contributed by atoms with E-state index in [0.29, 0.717) is 104 Å². The predicted molar refractivity (Wildman–Crippen MR) is 215 cm³/mol. The zero-order valence-corrected chi connectivity index (χ0v) is 33.0. The minimum Gasteiger partial charge on any atom is -0.378 e. The number of morpholine rings is 2. The van der Waals surface area contributed by atoms with E-state index in [1.54, 1.807) is 32.3 Å². The van der Waals surface area contributed by atoms with Gasteiger partial charge in [0.05, 0.1) is 90.3 Å². The van der Waals surface area contributed by atoms with Crippen molar-refractivity contribution in [1.82, 2.24) is 30.4 Å². The fourth-order valence-corrected chi connectivity index (χ4v) is 7.61. The molecule has 0 unspecified atom stereocenters. The molecule has 6 aromatic rings. The van der Waals surface area contributed by atoms with E-state index >= 15 is 13.2 Å². The lowest BCUT2D eigenvalue weighted by molar-refractivity contribution is 0.0135. The Labute approximate surface area is 337 Å². The Balaban J connectivity index is 1.12. The Morgan fingerprint density at radius 1 is 0.712 bits per heavy atom. The maximum Gasteiger partial charge on any atom is 0.273 e. The van der Waals surface area contributed by atoms with Crippen molar-refractivity contribution in [1.29, 1.82) is 0 Å². The van der Waals surface area contributed by atoms with Gasteiger partial charge in [-0.25, -0.2) is 22.0 Å². The summed E-state index contributed by atoms with van der Waals surface area (Å²) < 4.78 is 86.1. The number of aromatic nitrogens is 6. The maximum absolute atomic E-state index is 15.7. The number of rotatable bonds is 11. The van der Waals surface area contributed by atoms with E-state index in [4.69, 9.17) is 14.5 Å². The van der Waals surface area contributed by atoms with Gasteiger partial charge in [0.25, 0.3) is 5.92 Å². The molecule has 4 aromatic heterocycles. The Bertz CT molecular complexity index is 2510. The highest BCUT2D eigenvalue weighted by atomic mass is 19.3. The van der Waals surface area contributed by atoms with Gasteiger partial charge in [-0.05, 0) is 44.5 Å². The molecule has 2 aromatic carbocycles. The lowest BCUT2D eigenvalue weighted by atomic mass is 9.99. The number of anilines is 4. The first-order valence-corrected chi connectivity index (χ1v) is 19.5. The largest absolute Gasteiger partial charge is 0.378 e. The standard InChI is InChI=1S/C42H43F5N10O2/c1-23(29-6-5-7-33(36(29)44)42(4,46)47)50-41-32-20-28(57-10-14-59-15-11-57)22-49-39(32)35(53-55-41)18-26-16-30(37(45)34(43)17-26)24(2)51-40-31-19-27(56-8-12-58-13-9-56)21-48-38(31)25(3)52-54-40/h5-7,16-17,19-24H,8-15,18H2,1-4H3,(H,50,55)(H,51,54)/t23-,24-/m1/s1. The van der Waals surface area contributed by atoms with Crippen LogP contribution in [0, 0.1) is 24.4 Å². The van der Waals surface area contributed by atoms with E-state index in [9.17, 15) is 8.78 Å². The van der Waals surface area contributed by atoms with E-state index < -0.39 is 41.0 Å². The lowest BCUT2D eigenvalue weighted by Crippen LogP contribution is -2.36. The van der Waals surface area contributed by atoms with Crippen LogP contribution in [-0.2, 0) is 21.8 Å². The van der Waals surface area contributed by atoms with Gasteiger partial charge < -0.3 is 29.9 Å². The average Bonchev–Trinajstić information content (AvgIpc) is 3.23. The molecule has 0 aliphatic carbocycles. The number of alkyl halides is 2. The molecule has 0 bridgehead atoms. The van der Waals surface area contributed by atoms with E-state index in [2.05, 4.69) is 45.8 Å². The monoisotopic (exact) mass is 814 g/mol. The summed E-state index contributed by atoms with van der Waals surface area (Å²) in [6.45, 7) is 10.7. The van der Waals surface area contributed by atoms with Crippen molar-refractivity contribution in [2.24, 2.45) is 0 Å². The Hall–Kier alpha value is -5.81. The summed E-state index contributed by atoms with van der Waals surface area (Å²) in [6, 6.07) is 8.87. The topological polar surface area (TPSA) is 126 Å². The van der Waals surface area contributed by atoms with Crippen LogP contribution in [0.15, 0.2) is 54.9 Å². The van der Waals surface area contributed by atoms with Gasteiger partial charge in [0.2, 0.25) is 0 Å². The van der Waals surface area contributed by atoms with Gasteiger partial charge in [-0.3, -0.25) is 9.97 Å². The van der Waals surface area contributed by atoms with Crippen LogP contribution in [0.4, 0.5) is 45.0 Å². The first kappa shape index (κ1) is 40.0. The first-order valence-electron chi connectivity index (χ1n) is 19.5. The highest BCUT2D eigenvalue weighted by Gasteiger charge is 2.31. The second-order valence-corrected chi connectivity index (χ2v) is 15.0. The van der Waals surface area contributed by atoms with Crippen LogP contribution in [0.3, 0.4) is 0 Å². The average molecular weight is 815 g/mol. The number of hydrogen-bond acceptors (Lipinski definition) is 12. The number of halogens is 5. The molecule has 2 saturated heterocycles. The second-order valence-electron chi connectivity index (χ2n) is 15.0. The summed E-state index contributed by atoms with van der Waals surface area (Å²) in [5.74, 6) is -5.84. The predicted octanol–water partition coefficient (Wildman–Crippen LogP) is 7.81. The number of hydrogen-bond donors (Lipinski definition) is 2. The molecule has 2 N–H and O–H groups in total. The van der Waals surface area contributed by atoms with Gasteiger partial charge in [0.1, 0.15) is 5.82 Å². The van der Waals surface area contributed by atoms with Crippen molar-refractivity contribution in [3.05, 3.63) is 106 Å². The Morgan fingerprint density at radius 2 is 1.27 bits per heavy atom. The van der Waals surface area contributed by atoms with Crippen LogP contribution in [0.2, 0.25) is 0 Å². The van der Waals surface area contributed by atoms with E-state index in [1.165, 1.54) is 12.1 Å². The summed E-state index contributed by atoms with van der Waals surface area (Å²) in [6.07, 6.45) is 3.52. The number of fused-ring (bicyclic) bond motifs is 2. The van der Waals surface area contributed by atoms with Crippen molar-refractivity contribution in [2.45, 2.75) is 52.1 Å². The molecular weight excluding hydrogens is 772 g/mol. The minimum atomic E-state index is -3.38. The Kier molecular flexibility index (Phi) is 11.1. The van der Waals surface area contributed by atoms with Gasteiger partial charge >= 0.3 is 0 Å². The number of ether oxygens (including phenoxy) is 2. The van der Waals surface area contributed by atoms with Crippen LogP contribution >= 0.6 is 0 Å². The quantitative estimate of drug-likeness (QED) is 0.124. The van der Waals surface area contributed by atoms with Crippen LogP contribution in [0.5, 0.6) is 0 Å². The number of aryl methyl sites for hydroxylation is 1. The fourth-order valence-electron chi connectivity index (χ4n) is 7.61. The Morgan fingerprint density at radius 3 is 1.88 bits per heavy atom. The van der Waals surface area contributed by atoms with Crippen molar-refractivity contribution < 1.29 is 31.4 Å². The van der Waals surface area contributed by atoms with Crippen molar-refractivity contribution in [3.63, 3.8) is 0 Å². The molecule has 17 heteroatoms. The van der Waals surface area contributed by atoms with Crippen molar-refractivity contribution in [2.75, 3.05) is 73.0 Å². The van der Waals surface area contributed by atoms with Gasteiger partial charge in [0, 0.05) is 61.4 Å². The van der Waals surface area contributed by atoms with E-state index in [1.807, 2.05) is 19.1 Å². The summed E-state index contributed by atoms with van der Waals surface area (Å²) in [4.78, 5) is 13.7. The van der Waals surface area contributed by atoms with Crippen LogP contribution in [0.25, 0.3) is 21.8 Å². The van der Waals surface area contributed by atoms with Gasteiger partial charge in [-0.15, -0.1) is 10.2 Å². The zero-order valence-electron chi connectivity index (χ0n) is 33.0. The minimum absolute atomic E-state index is 0.0239. The molecule has 2 fully saturated rings. The molecule has 2 aliphatic heterocycles. The smallest absolute Gasteiger partial charge is 0.273 e. The third-order valence-corrected chi connectivity index (χ3v) is 10.8. The van der Waals surface area contributed by atoms with Crippen molar-refractivity contribution in [3.8, 4) is 0 Å². The molecule has 0 radical (unpaired) electrons. The summed E-state index contributed by atoms with van der Waals surface area (Å²) in [7, 11) is 0. The van der Waals surface area contributed by atoms with Crippen LogP contribution in [0.1, 0.15) is 66.5 Å². The first-order chi connectivity index (χ1) is 28.4. The summed E-state index contributed by atoms with van der Waals surface area (Å²) in [5, 5.41) is 25.2. The fraction of sp³-hybridized carbons (Fsp3) is 0.381. The normalized spacial score (nSPS) is 16.1. The second kappa shape index (κ2) is 16.4. The van der Waals surface area contributed by atoms with Crippen LogP contribution in [-0.4, -0.2) is 83.0 Å². The number of benzene rings is 2. The lowest BCUT2D eigenvalue weighted by Gasteiger charge is -2.29. The number of nitrogens with zero attached hydrogens (tertiary/aromatic N) is 8. The number of nitrogens with one attached hydrogen (secondary N) is 2. The number of pyridine rings is 2. The molecule has 0 spiro atoms. The third-order valence-electron chi connectivity index (χ3n) is 10.8. The van der Waals surface area contributed by atoms with E-state index in [0.717, 1.165) is 23.5 Å². The highest BCUT2D eigenvalue weighted by Crippen LogP contribution is 2.36. The molecule has 8 rings (SSSR count). The molecule has 2 aliphatic rings. The molecule has 59 heavy (non-hydrogen) atoms. The molecule has 0 amide bonds. The molecule has 6 heterocycles. The van der Waals surface area contributed by atoms with Gasteiger partial charge in [-0.2, -0.15) is 10.2 Å². The van der Waals surface area contributed by atoms with E-state index in [-0.39, 0.29) is 23.4 Å². The third kappa shape index (κ3) is 8.26. The zero-order chi connectivity index (χ0) is 41.4. The van der Waals surface area contributed by atoms with Crippen LogP contribution < -0.4 is 20.4 Å². The summed E-state index contributed by atoms with van der Waals surface area (Å²) >= 11 is 0. The highest BCUT2D eigenvalue weighted by molar-refractivity contribution is 5.93. The van der Waals surface area contributed by atoms with Crippen molar-refractivity contribution >= 4 is 44.8 Å². The maximum atomic E-state index is 15.7.